The van der Waals surface area contributed by atoms with Crippen molar-refractivity contribution in [2.45, 2.75) is 13.3 Å². The second-order valence-electron chi connectivity index (χ2n) is 2.93. The average Bonchev–Trinajstić information content (AvgIpc) is 2.09. The van der Waals surface area contributed by atoms with Crippen LogP contribution in [0.5, 0.6) is 0 Å². The lowest BCUT2D eigenvalue weighted by Crippen LogP contribution is -2.32. The maximum absolute atomic E-state index is 5.60. The molecule has 0 aromatic rings. The van der Waals surface area contributed by atoms with Crippen LogP contribution >= 0.6 is 11.8 Å². The van der Waals surface area contributed by atoms with E-state index in [9.17, 15) is 0 Å². The molecule has 0 radical (unpaired) electrons. The largest absolute Gasteiger partial charge is 0.370 e. The van der Waals surface area contributed by atoms with Gasteiger partial charge in [0.05, 0.1) is 6.54 Å². The predicted octanol–water partition coefficient (Wildman–Crippen LogP) is 1.22. The number of nitrogens with two attached hydrogens (primary N) is 1. The van der Waals surface area contributed by atoms with Gasteiger partial charge in [-0.15, -0.1) is 0 Å². The van der Waals surface area contributed by atoms with Crippen molar-refractivity contribution in [3.63, 3.8) is 0 Å². The minimum Gasteiger partial charge on any atom is -0.370 e. The highest BCUT2D eigenvalue weighted by atomic mass is 32.2. The lowest BCUT2D eigenvalue weighted by atomic mass is 10.4. The van der Waals surface area contributed by atoms with Gasteiger partial charge >= 0.3 is 0 Å². The number of guanidine groups is 1. The fourth-order valence-corrected chi connectivity index (χ4v) is 1.14. The fraction of sp³-hybridized carbons (Fsp3) is 0.667. The average molecular weight is 201 g/mol. The van der Waals surface area contributed by atoms with Gasteiger partial charge in [-0.3, -0.25) is 0 Å². The van der Waals surface area contributed by atoms with Gasteiger partial charge in [-0.1, -0.05) is 12.2 Å². The zero-order chi connectivity index (χ0) is 10.1. The van der Waals surface area contributed by atoms with E-state index in [1.807, 2.05) is 18.7 Å². The van der Waals surface area contributed by atoms with E-state index in [1.165, 1.54) is 0 Å². The third kappa shape index (κ3) is 9.27. The second kappa shape index (κ2) is 7.98. The maximum Gasteiger partial charge on any atom is 0.188 e. The van der Waals surface area contributed by atoms with E-state index in [0.717, 1.165) is 24.3 Å². The molecule has 13 heavy (non-hydrogen) atoms. The van der Waals surface area contributed by atoms with Crippen LogP contribution in [0, 0.1) is 0 Å². The van der Waals surface area contributed by atoms with Gasteiger partial charge in [0.1, 0.15) is 0 Å². The molecular weight excluding hydrogens is 182 g/mol. The minimum atomic E-state index is 0.518. The van der Waals surface area contributed by atoms with Gasteiger partial charge in [-0.05, 0) is 25.4 Å². The van der Waals surface area contributed by atoms with Gasteiger partial charge in [0.25, 0.3) is 0 Å². The summed E-state index contributed by atoms with van der Waals surface area (Å²) in [6.07, 6.45) is 3.21. The summed E-state index contributed by atoms with van der Waals surface area (Å²) in [5, 5.41) is 3.05. The third-order valence-corrected chi connectivity index (χ3v) is 2.05. The zero-order valence-corrected chi connectivity index (χ0v) is 9.28. The van der Waals surface area contributed by atoms with Crippen molar-refractivity contribution in [3.8, 4) is 0 Å². The molecule has 0 spiro atoms. The Morgan fingerprint density at radius 3 is 2.85 bits per heavy atom. The Morgan fingerprint density at radius 2 is 2.31 bits per heavy atom. The van der Waals surface area contributed by atoms with Gasteiger partial charge < -0.3 is 11.1 Å². The summed E-state index contributed by atoms with van der Waals surface area (Å²) in [5.74, 6) is 1.67. The van der Waals surface area contributed by atoms with Gasteiger partial charge in [0.15, 0.2) is 5.96 Å². The molecule has 0 rings (SSSR count). The highest BCUT2D eigenvalue weighted by Gasteiger charge is 1.90. The molecule has 3 nitrogen and oxygen atoms in total. The lowest BCUT2D eigenvalue weighted by molar-refractivity contribution is 0.836. The second-order valence-corrected chi connectivity index (χ2v) is 3.92. The van der Waals surface area contributed by atoms with Crippen LogP contribution in [0.15, 0.2) is 17.1 Å². The number of aliphatic imine (C=N–C) groups is 1. The summed E-state index contributed by atoms with van der Waals surface area (Å²) in [6, 6.07) is 0. The SMILES string of the molecule is C=C(C)CN=C(N)NCCCSC. The summed E-state index contributed by atoms with van der Waals surface area (Å²) < 4.78 is 0. The van der Waals surface area contributed by atoms with Crippen LogP contribution in [0.3, 0.4) is 0 Å². The van der Waals surface area contributed by atoms with E-state index < -0.39 is 0 Å². The first kappa shape index (κ1) is 12.4. The molecule has 0 fully saturated rings. The van der Waals surface area contributed by atoms with Crippen molar-refractivity contribution in [2.24, 2.45) is 10.7 Å². The van der Waals surface area contributed by atoms with Crippen LogP contribution in [0.25, 0.3) is 0 Å². The molecule has 0 saturated heterocycles. The van der Waals surface area contributed by atoms with E-state index in [-0.39, 0.29) is 0 Å². The van der Waals surface area contributed by atoms with Crippen LogP contribution < -0.4 is 11.1 Å². The van der Waals surface area contributed by atoms with Crippen LogP contribution in [0.1, 0.15) is 13.3 Å². The van der Waals surface area contributed by atoms with Crippen LogP contribution in [0.2, 0.25) is 0 Å². The van der Waals surface area contributed by atoms with Crippen molar-refractivity contribution in [3.05, 3.63) is 12.2 Å². The van der Waals surface area contributed by atoms with Crippen molar-refractivity contribution in [1.82, 2.24) is 5.32 Å². The Kier molecular flexibility index (Phi) is 7.59. The maximum atomic E-state index is 5.60. The number of rotatable bonds is 6. The monoisotopic (exact) mass is 201 g/mol. The van der Waals surface area contributed by atoms with Gasteiger partial charge in [-0.2, -0.15) is 11.8 Å². The molecule has 0 aliphatic heterocycles. The van der Waals surface area contributed by atoms with E-state index in [0.29, 0.717) is 12.5 Å². The summed E-state index contributed by atoms with van der Waals surface area (Å²) in [6.45, 7) is 7.19. The number of nitrogens with one attached hydrogen (secondary N) is 1. The first-order valence-corrected chi connectivity index (χ1v) is 5.73. The molecule has 3 N–H and O–H groups in total. The van der Waals surface area contributed by atoms with Crippen molar-refractivity contribution < 1.29 is 0 Å². The summed E-state index contributed by atoms with van der Waals surface area (Å²) >= 11 is 1.84. The molecule has 4 heteroatoms. The van der Waals surface area contributed by atoms with Crippen LogP contribution in [0.4, 0.5) is 0 Å². The zero-order valence-electron chi connectivity index (χ0n) is 8.47. The highest BCUT2D eigenvalue weighted by molar-refractivity contribution is 7.98. The Morgan fingerprint density at radius 1 is 1.62 bits per heavy atom. The van der Waals surface area contributed by atoms with Gasteiger partial charge in [-0.25, -0.2) is 4.99 Å². The first-order valence-electron chi connectivity index (χ1n) is 4.34. The summed E-state index contributed by atoms with van der Waals surface area (Å²) in [7, 11) is 0. The van der Waals surface area contributed by atoms with Crippen molar-refractivity contribution >= 4 is 17.7 Å². The topological polar surface area (TPSA) is 50.4 Å². The predicted molar refractivity (Wildman–Crippen MR) is 62.3 cm³/mol. The smallest absolute Gasteiger partial charge is 0.188 e. The van der Waals surface area contributed by atoms with E-state index in [2.05, 4.69) is 23.1 Å². The fourth-order valence-electron chi connectivity index (χ4n) is 0.709. The van der Waals surface area contributed by atoms with Crippen LogP contribution in [-0.4, -0.2) is 31.1 Å². The van der Waals surface area contributed by atoms with Crippen molar-refractivity contribution in [2.75, 3.05) is 25.1 Å². The molecule has 0 amide bonds. The molecule has 0 unspecified atom stereocenters. The van der Waals surface area contributed by atoms with Gasteiger partial charge in [0.2, 0.25) is 0 Å². The number of nitrogens with zero attached hydrogens (tertiary/aromatic N) is 1. The Balaban J connectivity index is 3.43. The van der Waals surface area contributed by atoms with E-state index in [1.54, 1.807) is 0 Å². The number of thioether (sulfide) groups is 1. The summed E-state index contributed by atoms with van der Waals surface area (Å²) in [4.78, 5) is 4.10. The number of hydrogen-bond donors (Lipinski definition) is 2. The standard InChI is InChI=1S/C9H19N3S/c1-8(2)7-12-9(10)11-5-4-6-13-3/h1,4-7H2,2-3H3,(H3,10,11,12). The van der Waals surface area contributed by atoms with Gasteiger partial charge in [0, 0.05) is 6.54 Å². The molecule has 0 aliphatic rings. The molecule has 0 aromatic heterocycles. The molecule has 0 aliphatic carbocycles. The highest BCUT2D eigenvalue weighted by Crippen LogP contribution is 1.93. The van der Waals surface area contributed by atoms with E-state index in [4.69, 9.17) is 5.73 Å². The molecule has 0 bridgehead atoms. The number of hydrogen-bond acceptors (Lipinski definition) is 2. The first-order chi connectivity index (χ1) is 6.16. The van der Waals surface area contributed by atoms with Crippen LogP contribution in [-0.2, 0) is 0 Å². The lowest BCUT2D eigenvalue weighted by Gasteiger charge is -2.04. The Hall–Kier alpha value is -0.640. The molecule has 76 valence electrons. The molecule has 0 saturated carbocycles. The quantitative estimate of drug-likeness (QED) is 0.294. The normalized spacial score (nSPS) is 11.4. The molecular formula is C9H19N3S. The Bertz CT molecular complexity index is 178. The van der Waals surface area contributed by atoms with E-state index >= 15 is 0 Å². The molecule has 0 heterocycles. The third-order valence-electron chi connectivity index (χ3n) is 1.35. The minimum absolute atomic E-state index is 0.518. The Labute approximate surface area is 84.9 Å². The summed E-state index contributed by atoms with van der Waals surface area (Å²) in [5.41, 5.74) is 6.62. The molecule has 0 aromatic carbocycles. The van der Waals surface area contributed by atoms with Crippen molar-refractivity contribution in [1.29, 1.82) is 0 Å². The molecule has 0 atom stereocenters.